The molecule has 4 rings (SSSR count). The first-order valence-electron chi connectivity index (χ1n) is 9.04. The Morgan fingerprint density at radius 2 is 1.92 bits per heavy atom. The fraction of sp³-hybridized carbons (Fsp3) is 0.350. The summed E-state index contributed by atoms with van der Waals surface area (Å²) in [5, 5.41) is 2.19. The molecule has 0 saturated carbocycles. The molecule has 0 unspecified atom stereocenters. The Bertz CT molecular complexity index is 773. The van der Waals surface area contributed by atoms with Crippen molar-refractivity contribution in [3.05, 3.63) is 59.7 Å². The predicted molar refractivity (Wildman–Crippen MR) is 102 cm³/mol. The van der Waals surface area contributed by atoms with Gasteiger partial charge in [0.05, 0.1) is 24.0 Å². The Hall–Kier alpha value is -2.57. The lowest BCUT2D eigenvalue weighted by Crippen LogP contribution is -2.49. The quantitative estimate of drug-likeness (QED) is 0.826. The molecular weight excluding hydrogens is 328 g/mol. The van der Waals surface area contributed by atoms with Gasteiger partial charge in [-0.15, -0.1) is 5.53 Å². The van der Waals surface area contributed by atoms with Crippen molar-refractivity contribution < 1.29 is 9.53 Å². The number of rotatable bonds is 4. The molecule has 2 heterocycles. The number of anilines is 2. The SMILES string of the molecule is COC(=O)c1ccc2c(c1)NNN2C1CCN(Cc2ccccc2)CC1. The molecule has 136 valence electrons. The highest BCUT2D eigenvalue weighted by molar-refractivity contribution is 5.92. The lowest BCUT2D eigenvalue weighted by atomic mass is 10.0. The van der Waals surface area contributed by atoms with Crippen molar-refractivity contribution in [2.24, 2.45) is 0 Å². The van der Waals surface area contributed by atoms with Crippen LogP contribution in [0.1, 0.15) is 28.8 Å². The first-order valence-corrected chi connectivity index (χ1v) is 9.04. The molecule has 2 N–H and O–H groups in total. The Labute approximate surface area is 153 Å². The van der Waals surface area contributed by atoms with Crippen molar-refractivity contribution in [1.29, 1.82) is 0 Å². The number of carbonyl (C=O) groups is 1. The molecule has 6 nitrogen and oxygen atoms in total. The number of nitrogens with one attached hydrogen (secondary N) is 2. The van der Waals surface area contributed by atoms with Crippen LogP contribution < -0.4 is 16.0 Å². The maximum atomic E-state index is 11.7. The van der Waals surface area contributed by atoms with Gasteiger partial charge in [-0.25, -0.2) is 4.79 Å². The van der Waals surface area contributed by atoms with Crippen LogP contribution in [0.3, 0.4) is 0 Å². The summed E-state index contributed by atoms with van der Waals surface area (Å²) >= 11 is 0. The number of carbonyl (C=O) groups excluding carboxylic acids is 1. The highest BCUT2D eigenvalue weighted by Crippen LogP contribution is 2.33. The summed E-state index contributed by atoms with van der Waals surface area (Å²) in [6.45, 7) is 3.17. The van der Waals surface area contributed by atoms with Crippen LogP contribution in [0.4, 0.5) is 11.4 Å². The van der Waals surface area contributed by atoms with Gasteiger partial charge >= 0.3 is 5.97 Å². The second-order valence-corrected chi connectivity index (χ2v) is 6.82. The van der Waals surface area contributed by atoms with Crippen LogP contribution in [0.15, 0.2) is 48.5 Å². The fourth-order valence-corrected chi connectivity index (χ4v) is 3.74. The highest BCUT2D eigenvalue weighted by Gasteiger charge is 2.30. The Kier molecular flexibility index (Phi) is 4.77. The number of ether oxygens (including phenoxy) is 1. The van der Waals surface area contributed by atoms with Crippen molar-refractivity contribution in [1.82, 2.24) is 10.4 Å². The number of nitrogens with zero attached hydrogens (tertiary/aromatic N) is 2. The summed E-state index contributed by atoms with van der Waals surface area (Å²) in [4.78, 5) is 14.2. The van der Waals surface area contributed by atoms with E-state index in [1.54, 1.807) is 0 Å². The van der Waals surface area contributed by atoms with Gasteiger partial charge in [0.25, 0.3) is 0 Å². The molecule has 2 aliphatic rings. The van der Waals surface area contributed by atoms with Gasteiger partial charge in [0.2, 0.25) is 0 Å². The second-order valence-electron chi connectivity index (χ2n) is 6.82. The van der Waals surface area contributed by atoms with E-state index in [0.717, 1.165) is 43.9 Å². The van der Waals surface area contributed by atoms with E-state index >= 15 is 0 Å². The highest BCUT2D eigenvalue weighted by atomic mass is 16.5. The van der Waals surface area contributed by atoms with Gasteiger partial charge < -0.3 is 10.2 Å². The largest absolute Gasteiger partial charge is 0.465 e. The third-order valence-corrected chi connectivity index (χ3v) is 5.16. The van der Waals surface area contributed by atoms with Crippen molar-refractivity contribution in [2.45, 2.75) is 25.4 Å². The molecule has 2 aromatic carbocycles. The normalized spacial score (nSPS) is 17.7. The molecule has 0 atom stereocenters. The molecule has 0 aliphatic carbocycles. The van der Waals surface area contributed by atoms with Crippen LogP contribution >= 0.6 is 0 Å². The number of piperidine rings is 1. The average molecular weight is 352 g/mol. The first-order chi connectivity index (χ1) is 12.7. The molecule has 26 heavy (non-hydrogen) atoms. The summed E-state index contributed by atoms with van der Waals surface area (Å²) in [7, 11) is 1.40. The third-order valence-electron chi connectivity index (χ3n) is 5.16. The average Bonchev–Trinajstić information content (AvgIpc) is 3.12. The van der Waals surface area contributed by atoms with Crippen LogP contribution in [0, 0.1) is 0 Å². The van der Waals surface area contributed by atoms with E-state index in [-0.39, 0.29) is 5.97 Å². The van der Waals surface area contributed by atoms with E-state index in [1.807, 2.05) is 18.2 Å². The Balaban J connectivity index is 1.38. The van der Waals surface area contributed by atoms with Gasteiger partial charge in [0.1, 0.15) is 0 Å². The molecule has 0 spiro atoms. The van der Waals surface area contributed by atoms with Gasteiger partial charge in [-0.05, 0) is 36.6 Å². The topological polar surface area (TPSA) is 56.8 Å². The Morgan fingerprint density at radius 1 is 1.15 bits per heavy atom. The van der Waals surface area contributed by atoms with E-state index in [1.165, 1.54) is 12.7 Å². The number of hydrogen-bond donors (Lipinski definition) is 2. The zero-order chi connectivity index (χ0) is 17.9. The van der Waals surface area contributed by atoms with Crippen LogP contribution in [-0.2, 0) is 11.3 Å². The molecule has 0 amide bonds. The zero-order valence-electron chi connectivity index (χ0n) is 14.9. The van der Waals surface area contributed by atoms with Gasteiger partial charge in [0, 0.05) is 25.7 Å². The standard InChI is InChI=1S/C20H24N4O2/c1-26-20(25)16-7-8-19-18(13-16)21-22-24(19)17-9-11-23(12-10-17)14-15-5-3-2-4-6-15/h2-8,13,17,21-22H,9-12,14H2,1H3. The number of hydrazine groups is 2. The lowest BCUT2D eigenvalue weighted by Gasteiger charge is -2.37. The first kappa shape index (κ1) is 16.9. The molecule has 6 heteroatoms. The lowest BCUT2D eigenvalue weighted by molar-refractivity contribution is 0.0601. The monoisotopic (exact) mass is 352 g/mol. The van der Waals surface area contributed by atoms with Crippen molar-refractivity contribution in [2.75, 3.05) is 30.6 Å². The molecular formula is C20H24N4O2. The van der Waals surface area contributed by atoms with Crippen LogP contribution in [0.5, 0.6) is 0 Å². The minimum atomic E-state index is -0.317. The molecule has 2 aromatic rings. The van der Waals surface area contributed by atoms with Gasteiger partial charge in [0.15, 0.2) is 0 Å². The summed E-state index contributed by atoms with van der Waals surface area (Å²) < 4.78 is 4.79. The van der Waals surface area contributed by atoms with E-state index in [0.29, 0.717) is 11.6 Å². The number of likely N-dealkylation sites (tertiary alicyclic amines) is 1. The smallest absolute Gasteiger partial charge is 0.337 e. The van der Waals surface area contributed by atoms with E-state index in [4.69, 9.17) is 4.74 Å². The zero-order valence-corrected chi connectivity index (χ0v) is 14.9. The van der Waals surface area contributed by atoms with Gasteiger partial charge in [-0.1, -0.05) is 30.3 Å². The minimum absolute atomic E-state index is 0.317. The number of fused-ring (bicyclic) bond motifs is 1. The summed E-state index contributed by atoms with van der Waals surface area (Å²) in [5.41, 5.74) is 10.3. The van der Waals surface area contributed by atoms with Crippen molar-refractivity contribution >= 4 is 17.3 Å². The molecule has 2 aliphatic heterocycles. The molecule has 1 fully saturated rings. The number of esters is 1. The fourth-order valence-electron chi connectivity index (χ4n) is 3.74. The number of methoxy groups -OCH3 is 1. The van der Waals surface area contributed by atoms with Crippen LogP contribution in [0.25, 0.3) is 0 Å². The summed E-state index contributed by atoms with van der Waals surface area (Å²) in [6.07, 6.45) is 2.19. The maximum Gasteiger partial charge on any atom is 0.337 e. The predicted octanol–water partition coefficient (Wildman–Crippen LogP) is 2.79. The molecule has 0 aromatic heterocycles. The number of benzene rings is 2. The van der Waals surface area contributed by atoms with Crippen LogP contribution in [0.2, 0.25) is 0 Å². The molecule has 1 saturated heterocycles. The minimum Gasteiger partial charge on any atom is -0.465 e. The summed E-state index contributed by atoms with van der Waals surface area (Å²) in [6, 6.07) is 16.7. The van der Waals surface area contributed by atoms with Gasteiger partial charge in [-0.2, -0.15) is 0 Å². The molecule has 0 bridgehead atoms. The van der Waals surface area contributed by atoms with Crippen LogP contribution in [-0.4, -0.2) is 37.1 Å². The third kappa shape index (κ3) is 3.38. The van der Waals surface area contributed by atoms with E-state index < -0.39 is 0 Å². The Morgan fingerprint density at radius 3 is 2.65 bits per heavy atom. The van der Waals surface area contributed by atoms with E-state index in [9.17, 15) is 4.79 Å². The summed E-state index contributed by atoms with van der Waals surface area (Å²) in [5.74, 6) is -0.317. The number of hydrogen-bond acceptors (Lipinski definition) is 6. The molecule has 0 radical (unpaired) electrons. The van der Waals surface area contributed by atoms with E-state index in [2.05, 4.69) is 51.2 Å². The maximum absolute atomic E-state index is 11.7. The van der Waals surface area contributed by atoms with Gasteiger partial charge in [-0.3, -0.25) is 9.91 Å². The second kappa shape index (κ2) is 7.35. The van der Waals surface area contributed by atoms with Crippen molar-refractivity contribution in [3.63, 3.8) is 0 Å². The van der Waals surface area contributed by atoms with Crippen molar-refractivity contribution in [3.8, 4) is 0 Å².